The number of hydrogen-bond acceptors (Lipinski definition) is 6. The zero-order valence-electron chi connectivity index (χ0n) is 15.8. The Kier molecular flexibility index (Phi) is 5.29. The Morgan fingerprint density at radius 3 is 2.57 bits per heavy atom. The first kappa shape index (κ1) is 19.0. The number of pyridine rings is 1. The van der Waals surface area contributed by atoms with Crippen LogP contribution in [0.15, 0.2) is 88.3 Å². The average molecular weight is 402 g/mol. The lowest BCUT2D eigenvalue weighted by atomic mass is 10.2. The molecule has 0 aliphatic rings. The van der Waals surface area contributed by atoms with Crippen molar-refractivity contribution in [3.05, 3.63) is 101 Å². The van der Waals surface area contributed by atoms with Crippen molar-refractivity contribution in [2.75, 3.05) is 11.1 Å². The molecule has 0 atom stereocenters. The van der Waals surface area contributed by atoms with E-state index in [4.69, 9.17) is 14.9 Å². The Morgan fingerprint density at radius 1 is 1.07 bits per heavy atom. The van der Waals surface area contributed by atoms with Gasteiger partial charge in [0.25, 0.3) is 5.91 Å². The summed E-state index contributed by atoms with van der Waals surface area (Å²) in [6, 6.07) is 18.8. The quantitative estimate of drug-likeness (QED) is 0.479. The van der Waals surface area contributed by atoms with Crippen molar-refractivity contribution in [3.63, 3.8) is 0 Å². The SMILES string of the molecule is Nc1ccccc1NC(=O)c1ccc(-n2cc(COc3ccccn3)oc2=O)cc1. The van der Waals surface area contributed by atoms with Gasteiger partial charge in [0.15, 0.2) is 5.76 Å². The van der Waals surface area contributed by atoms with Crippen molar-refractivity contribution < 1.29 is 13.9 Å². The first-order valence-electron chi connectivity index (χ1n) is 9.11. The predicted molar refractivity (Wildman–Crippen MR) is 112 cm³/mol. The number of rotatable bonds is 6. The average Bonchev–Trinajstić information content (AvgIpc) is 3.15. The topological polar surface area (TPSA) is 112 Å². The summed E-state index contributed by atoms with van der Waals surface area (Å²) < 4.78 is 12.1. The molecule has 4 aromatic rings. The number of carbonyl (C=O) groups excluding carboxylic acids is 1. The van der Waals surface area contributed by atoms with E-state index in [1.54, 1.807) is 79.1 Å². The van der Waals surface area contributed by atoms with Crippen LogP contribution in [-0.4, -0.2) is 15.5 Å². The molecule has 2 heterocycles. The molecular formula is C22H18N4O4. The third kappa shape index (κ3) is 4.22. The van der Waals surface area contributed by atoms with Crippen LogP contribution in [0.25, 0.3) is 5.69 Å². The molecule has 4 rings (SSSR count). The number of nitrogens with one attached hydrogen (secondary N) is 1. The van der Waals surface area contributed by atoms with E-state index >= 15 is 0 Å². The van der Waals surface area contributed by atoms with Gasteiger partial charge in [0, 0.05) is 17.8 Å². The minimum absolute atomic E-state index is 0.0677. The normalized spacial score (nSPS) is 10.5. The molecule has 1 amide bonds. The van der Waals surface area contributed by atoms with E-state index in [9.17, 15) is 9.59 Å². The molecule has 8 nitrogen and oxygen atoms in total. The van der Waals surface area contributed by atoms with E-state index in [-0.39, 0.29) is 12.5 Å². The summed E-state index contributed by atoms with van der Waals surface area (Å²) in [6.07, 6.45) is 3.16. The highest BCUT2D eigenvalue weighted by Gasteiger charge is 2.11. The smallest absolute Gasteiger partial charge is 0.423 e. The van der Waals surface area contributed by atoms with Gasteiger partial charge in [-0.25, -0.2) is 14.3 Å². The number of hydrogen-bond donors (Lipinski definition) is 2. The molecule has 30 heavy (non-hydrogen) atoms. The summed E-state index contributed by atoms with van der Waals surface area (Å²) in [5, 5.41) is 2.76. The summed E-state index contributed by atoms with van der Waals surface area (Å²) in [5.41, 5.74) is 7.85. The van der Waals surface area contributed by atoms with Crippen LogP contribution < -0.4 is 21.5 Å². The molecule has 150 valence electrons. The zero-order chi connectivity index (χ0) is 20.9. The molecule has 0 bridgehead atoms. The molecule has 0 radical (unpaired) electrons. The van der Waals surface area contributed by atoms with Gasteiger partial charge in [-0.15, -0.1) is 0 Å². The standard InChI is InChI=1S/C22H18N4O4/c23-18-5-1-2-6-19(18)25-21(27)15-8-10-16(11-9-15)26-13-17(30-22(26)28)14-29-20-7-3-4-12-24-20/h1-13H,14,23H2,(H,25,27). The van der Waals surface area contributed by atoms with Crippen LogP contribution in [0.5, 0.6) is 5.88 Å². The first-order chi connectivity index (χ1) is 14.6. The highest BCUT2D eigenvalue weighted by Crippen LogP contribution is 2.18. The van der Waals surface area contributed by atoms with Gasteiger partial charge in [-0.1, -0.05) is 18.2 Å². The largest absolute Gasteiger partial charge is 0.469 e. The minimum Gasteiger partial charge on any atom is -0.469 e. The number of benzene rings is 2. The molecule has 0 spiro atoms. The van der Waals surface area contributed by atoms with Crippen LogP contribution in [0.3, 0.4) is 0 Å². The monoisotopic (exact) mass is 402 g/mol. The Bertz CT molecular complexity index is 1210. The summed E-state index contributed by atoms with van der Waals surface area (Å²) in [6.45, 7) is 0.0677. The number of para-hydroxylation sites is 2. The number of anilines is 2. The highest BCUT2D eigenvalue weighted by molar-refractivity contribution is 6.05. The van der Waals surface area contributed by atoms with Gasteiger partial charge in [0.05, 0.1) is 23.3 Å². The number of nitrogens with two attached hydrogens (primary N) is 1. The predicted octanol–water partition coefficient (Wildman–Crippen LogP) is 3.24. The van der Waals surface area contributed by atoms with Crippen molar-refractivity contribution in [2.45, 2.75) is 6.61 Å². The van der Waals surface area contributed by atoms with E-state index < -0.39 is 5.76 Å². The molecule has 3 N–H and O–H groups in total. The van der Waals surface area contributed by atoms with E-state index in [1.807, 2.05) is 0 Å². The summed E-state index contributed by atoms with van der Waals surface area (Å²) in [7, 11) is 0. The Hall–Kier alpha value is -4.33. The maximum absolute atomic E-state index is 12.4. The third-order valence-corrected chi connectivity index (χ3v) is 4.30. The second-order valence-electron chi connectivity index (χ2n) is 6.38. The van der Waals surface area contributed by atoms with Gasteiger partial charge in [0.2, 0.25) is 5.88 Å². The van der Waals surface area contributed by atoms with Gasteiger partial charge in [-0.05, 0) is 42.5 Å². The third-order valence-electron chi connectivity index (χ3n) is 4.30. The number of carbonyl (C=O) groups is 1. The van der Waals surface area contributed by atoms with Crippen molar-refractivity contribution in [1.29, 1.82) is 0 Å². The number of aromatic nitrogens is 2. The molecule has 8 heteroatoms. The van der Waals surface area contributed by atoms with Crippen LogP contribution in [0, 0.1) is 0 Å². The maximum atomic E-state index is 12.4. The van der Waals surface area contributed by atoms with Crippen molar-refractivity contribution in [3.8, 4) is 11.6 Å². The highest BCUT2D eigenvalue weighted by atomic mass is 16.5. The lowest BCUT2D eigenvalue weighted by Gasteiger charge is -2.08. The molecule has 0 unspecified atom stereocenters. The fraction of sp³-hybridized carbons (Fsp3) is 0.0455. The number of nitrogens with zero attached hydrogens (tertiary/aromatic N) is 2. The number of nitrogen functional groups attached to an aromatic ring is 1. The fourth-order valence-electron chi connectivity index (χ4n) is 2.79. The van der Waals surface area contributed by atoms with E-state index in [0.29, 0.717) is 34.3 Å². The van der Waals surface area contributed by atoms with Crippen molar-refractivity contribution in [1.82, 2.24) is 9.55 Å². The van der Waals surface area contributed by atoms with Gasteiger partial charge < -0.3 is 20.2 Å². The van der Waals surface area contributed by atoms with Gasteiger partial charge >= 0.3 is 5.76 Å². The van der Waals surface area contributed by atoms with Crippen molar-refractivity contribution >= 4 is 17.3 Å². The van der Waals surface area contributed by atoms with Crippen LogP contribution in [-0.2, 0) is 6.61 Å². The Balaban J connectivity index is 1.46. The summed E-state index contributed by atoms with van der Waals surface area (Å²) in [5.74, 6) is -0.0679. The molecular weight excluding hydrogens is 384 g/mol. The Morgan fingerprint density at radius 2 is 1.83 bits per heavy atom. The number of oxazole rings is 1. The number of amides is 1. The Labute approximate surface area is 171 Å². The lowest BCUT2D eigenvalue weighted by molar-refractivity contribution is 0.102. The lowest BCUT2D eigenvalue weighted by Crippen LogP contribution is -2.14. The van der Waals surface area contributed by atoms with E-state index in [1.165, 1.54) is 4.57 Å². The number of ether oxygens (including phenoxy) is 1. The van der Waals surface area contributed by atoms with Crippen molar-refractivity contribution in [2.24, 2.45) is 0 Å². The van der Waals surface area contributed by atoms with Crippen LogP contribution >= 0.6 is 0 Å². The van der Waals surface area contributed by atoms with Crippen LogP contribution in [0.4, 0.5) is 11.4 Å². The van der Waals surface area contributed by atoms with E-state index in [0.717, 1.165) is 0 Å². The van der Waals surface area contributed by atoms with Crippen LogP contribution in [0.1, 0.15) is 16.1 Å². The van der Waals surface area contributed by atoms with E-state index in [2.05, 4.69) is 10.3 Å². The molecule has 2 aromatic carbocycles. The second kappa shape index (κ2) is 8.36. The fourth-order valence-corrected chi connectivity index (χ4v) is 2.79. The molecule has 2 aromatic heterocycles. The first-order valence-corrected chi connectivity index (χ1v) is 9.11. The molecule has 0 saturated heterocycles. The van der Waals surface area contributed by atoms with Crippen LogP contribution in [0.2, 0.25) is 0 Å². The minimum atomic E-state index is -0.552. The summed E-state index contributed by atoms with van der Waals surface area (Å²) >= 11 is 0. The zero-order valence-corrected chi connectivity index (χ0v) is 15.8. The van der Waals surface area contributed by atoms with Gasteiger partial charge in [-0.3, -0.25) is 4.79 Å². The molecule has 0 saturated carbocycles. The van der Waals surface area contributed by atoms with Gasteiger partial charge in [-0.2, -0.15) is 0 Å². The molecule has 0 aliphatic heterocycles. The molecule has 0 aliphatic carbocycles. The molecule has 0 fully saturated rings. The summed E-state index contributed by atoms with van der Waals surface area (Å²) in [4.78, 5) is 28.7. The second-order valence-corrected chi connectivity index (χ2v) is 6.38. The maximum Gasteiger partial charge on any atom is 0.423 e. The van der Waals surface area contributed by atoms with Gasteiger partial charge in [0.1, 0.15) is 6.61 Å².